The van der Waals surface area contributed by atoms with E-state index in [0.29, 0.717) is 19.4 Å². The SMILES string of the molecule is COCCNC(=S)N/N=C/c1c(F)c(F)c(F)c(F)c1F. The van der Waals surface area contributed by atoms with Crippen molar-refractivity contribution in [3.63, 3.8) is 0 Å². The number of hydrazone groups is 1. The van der Waals surface area contributed by atoms with Crippen molar-refractivity contribution < 1.29 is 26.7 Å². The van der Waals surface area contributed by atoms with E-state index in [1.165, 1.54) is 7.11 Å². The number of nitrogens with one attached hydrogen (secondary N) is 2. The van der Waals surface area contributed by atoms with Gasteiger partial charge in [0.05, 0.1) is 18.4 Å². The predicted octanol–water partition coefficient (Wildman–Crippen LogP) is 1.83. The average molecular weight is 327 g/mol. The number of benzene rings is 1. The van der Waals surface area contributed by atoms with E-state index in [2.05, 4.69) is 15.8 Å². The molecule has 0 unspecified atom stereocenters. The number of hydrogen-bond acceptors (Lipinski definition) is 3. The van der Waals surface area contributed by atoms with Crippen molar-refractivity contribution in [1.82, 2.24) is 10.7 Å². The van der Waals surface area contributed by atoms with Crippen LogP contribution in [-0.2, 0) is 4.74 Å². The Labute approximate surface area is 122 Å². The van der Waals surface area contributed by atoms with Crippen LogP contribution in [0.5, 0.6) is 0 Å². The van der Waals surface area contributed by atoms with Crippen LogP contribution in [0.3, 0.4) is 0 Å². The highest BCUT2D eigenvalue weighted by Crippen LogP contribution is 2.21. The van der Waals surface area contributed by atoms with Gasteiger partial charge in [-0.2, -0.15) is 5.10 Å². The molecule has 0 radical (unpaired) electrons. The van der Waals surface area contributed by atoms with E-state index in [9.17, 15) is 22.0 Å². The van der Waals surface area contributed by atoms with Gasteiger partial charge in [-0.25, -0.2) is 22.0 Å². The molecule has 10 heteroatoms. The summed E-state index contributed by atoms with van der Waals surface area (Å²) in [5.74, 6) is -10.3. The van der Waals surface area contributed by atoms with Crippen LogP contribution in [0.25, 0.3) is 0 Å². The first-order valence-corrected chi connectivity index (χ1v) is 5.88. The van der Waals surface area contributed by atoms with Crippen molar-refractivity contribution in [2.75, 3.05) is 20.3 Å². The zero-order valence-electron chi connectivity index (χ0n) is 10.6. The van der Waals surface area contributed by atoms with Crippen molar-refractivity contribution in [1.29, 1.82) is 0 Å². The number of nitrogens with zero attached hydrogens (tertiary/aromatic N) is 1. The van der Waals surface area contributed by atoms with Crippen molar-refractivity contribution in [3.05, 3.63) is 34.6 Å². The third-order valence-electron chi connectivity index (χ3n) is 2.20. The molecular formula is C11H10F5N3OS. The summed E-state index contributed by atoms with van der Waals surface area (Å²) in [6.45, 7) is 0.698. The Morgan fingerprint density at radius 1 is 1.10 bits per heavy atom. The van der Waals surface area contributed by atoms with E-state index < -0.39 is 34.6 Å². The molecule has 0 aliphatic rings. The molecule has 0 amide bonds. The van der Waals surface area contributed by atoms with Crippen LogP contribution in [0.1, 0.15) is 5.56 Å². The second-order valence-electron chi connectivity index (χ2n) is 3.60. The number of methoxy groups -OCH3 is 1. The smallest absolute Gasteiger partial charge is 0.200 e. The summed E-state index contributed by atoms with van der Waals surface area (Å²) < 4.78 is 69.9. The molecule has 1 aromatic carbocycles. The second kappa shape index (κ2) is 7.84. The first-order chi connectivity index (χ1) is 9.90. The standard InChI is InChI=1S/C11H10F5N3OS/c1-20-3-2-17-11(21)19-18-4-5-6(12)8(14)10(16)9(15)7(5)13/h4H,2-3H2,1H3,(H2,17,19,21)/b18-4+. The topological polar surface area (TPSA) is 45.6 Å². The summed E-state index contributed by atoms with van der Waals surface area (Å²) >= 11 is 4.73. The Kier molecular flexibility index (Phi) is 6.43. The molecule has 1 rings (SSSR count). The summed E-state index contributed by atoms with van der Waals surface area (Å²) in [4.78, 5) is 0. The number of ether oxygens (including phenoxy) is 1. The summed E-state index contributed by atoms with van der Waals surface area (Å²) in [5, 5.41) is 5.91. The number of hydrogen-bond donors (Lipinski definition) is 2. The first-order valence-electron chi connectivity index (χ1n) is 5.47. The van der Waals surface area contributed by atoms with Gasteiger partial charge in [0.15, 0.2) is 28.4 Å². The zero-order valence-corrected chi connectivity index (χ0v) is 11.5. The third-order valence-corrected chi connectivity index (χ3v) is 2.43. The fourth-order valence-corrected chi connectivity index (χ4v) is 1.35. The van der Waals surface area contributed by atoms with Gasteiger partial charge in [0.2, 0.25) is 5.82 Å². The lowest BCUT2D eigenvalue weighted by molar-refractivity contribution is 0.204. The van der Waals surface area contributed by atoms with Gasteiger partial charge in [0, 0.05) is 13.7 Å². The molecule has 2 N–H and O–H groups in total. The maximum absolute atomic E-state index is 13.3. The lowest BCUT2D eigenvalue weighted by atomic mass is 10.2. The fourth-order valence-electron chi connectivity index (χ4n) is 1.20. The van der Waals surface area contributed by atoms with E-state index in [1.54, 1.807) is 0 Å². The largest absolute Gasteiger partial charge is 0.383 e. The van der Waals surface area contributed by atoms with Crippen molar-refractivity contribution in [3.8, 4) is 0 Å². The Hall–Kier alpha value is -1.81. The van der Waals surface area contributed by atoms with Crippen LogP contribution < -0.4 is 10.7 Å². The van der Waals surface area contributed by atoms with Gasteiger partial charge < -0.3 is 10.1 Å². The highest BCUT2D eigenvalue weighted by molar-refractivity contribution is 7.80. The summed E-state index contributed by atoms with van der Waals surface area (Å²) in [6, 6.07) is 0. The van der Waals surface area contributed by atoms with Crippen LogP contribution in [-0.4, -0.2) is 31.6 Å². The number of rotatable bonds is 5. The van der Waals surface area contributed by atoms with Gasteiger partial charge >= 0.3 is 0 Å². The van der Waals surface area contributed by atoms with E-state index in [0.717, 1.165) is 0 Å². The van der Waals surface area contributed by atoms with Gasteiger partial charge in [-0.1, -0.05) is 0 Å². The molecule has 0 saturated carbocycles. The van der Waals surface area contributed by atoms with E-state index in [4.69, 9.17) is 17.0 Å². The molecular weight excluding hydrogens is 317 g/mol. The fraction of sp³-hybridized carbons (Fsp3) is 0.273. The van der Waals surface area contributed by atoms with Gasteiger partial charge in [-0.3, -0.25) is 5.43 Å². The third kappa shape index (κ3) is 4.33. The van der Waals surface area contributed by atoms with Crippen molar-refractivity contribution >= 4 is 23.5 Å². The average Bonchev–Trinajstić information content (AvgIpc) is 2.47. The molecule has 0 fully saturated rings. The minimum absolute atomic E-state index is 0.00725. The first kappa shape index (κ1) is 17.2. The summed E-state index contributed by atoms with van der Waals surface area (Å²) in [7, 11) is 1.47. The minimum atomic E-state index is -2.23. The Morgan fingerprint density at radius 3 is 2.14 bits per heavy atom. The Bertz CT molecular complexity index is 538. The van der Waals surface area contributed by atoms with Crippen LogP contribution in [0.4, 0.5) is 22.0 Å². The van der Waals surface area contributed by atoms with Gasteiger partial charge in [0.1, 0.15) is 0 Å². The molecule has 1 aromatic rings. The van der Waals surface area contributed by atoms with Gasteiger partial charge in [0.25, 0.3) is 0 Å². The molecule has 0 saturated heterocycles. The molecule has 0 aromatic heterocycles. The van der Waals surface area contributed by atoms with Crippen LogP contribution in [0, 0.1) is 29.1 Å². The maximum atomic E-state index is 13.3. The monoisotopic (exact) mass is 327 g/mol. The minimum Gasteiger partial charge on any atom is -0.383 e. The van der Waals surface area contributed by atoms with E-state index >= 15 is 0 Å². The molecule has 0 aliphatic carbocycles. The summed E-state index contributed by atoms with van der Waals surface area (Å²) in [5.41, 5.74) is 0.992. The highest BCUT2D eigenvalue weighted by Gasteiger charge is 2.24. The molecule has 4 nitrogen and oxygen atoms in total. The summed E-state index contributed by atoms with van der Waals surface area (Å²) in [6.07, 6.45) is 0.445. The number of halogens is 5. The Morgan fingerprint density at radius 2 is 1.62 bits per heavy atom. The molecule has 0 aliphatic heterocycles. The molecule has 21 heavy (non-hydrogen) atoms. The molecule has 116 valence electrons. The van der Waals surface area contributed by atoms with Crippen molar-refractivity contribution in [2.45, 2.75) is 0 Å². The molecule has 0 atom stereocenters. The van der Waals surface area contributed by atoms with Crippen LogP contribution in [0.2, 0.25) is 0 Å². The van der Waals surface area contributed by atoms with E-state index in [-0.39, 0.29) is 5.11 Å². The van der Waals surface area contributed by atoms with Crippen molar-refractivity contribution in [2.24, 2.45) is 5.10 Å². The van der Waals surface area contributed by atoms with Gasteiger partial charge in [-0.05, 0) is 12.2 Å². The lowest BCUT2D eigenvalue weighted by Crippen LogP contribution is -2.34. The van der Waals surface area contributed by atoms with Gasteiger partial charge in [-0.15, -0.1) is 0 Å². The zero-order chi connectivity index (χ0) is 16.0. The van der Waals surface area contributed by atoms with E-state index in [1.807, 2.05) is 0 Å². The normalized spacial score (nSPS) is 11.0. The lowest BCUT2D eigenvalue weighted by Gasteiger charge is -2.06. The quantitative estimate of drug-likeness (QED) is 0.165. The molecule has 0 bridgehead atoms. The molecule has 0 spiro atoms. The molecule has 0 heterocycles. The number of thiocarbonyl (C=S) groups is 1. The Balaban J connectivity index is 2.80. The maximum Gasteiger partial charge on any atom is 0.200 e. The predicted molar refractivity (Wildman–Crippen MR) is 69.4 cm³/mol. The van der Waals surface area contributed by atoms with Crippen LogP contribution in [0.15, 0.2) is 5.10 Å². The highest BCUT2D eigenvalue weighted by atomic mass is 32.1. The second-order valence-corrected chi connectivity index (χ2v) is 4.01. The van der Waals surface area contributed by atoms with Crippen LogP contribution >= 0.6 is 12.2 Å².